The van der Waals surface area contributed by atoms with E-state index in [-0.39, 0.29) is 35.3 Å². The molecular weight excluding hydrogens is 370 g/mol. The van der Waals surface area contributed by atoms with Crippen LogP contribution in [0.1, 0.15) is 30.6 Å². The maximum absolute atomic E-state index is 12.8. The number of guanidine groups is 1. The van der Waals surface area contributed by atoms with Crippen LogP contribution >= 0.6 is 0 Å². The Bertz CT molecular complexity index is 822. The van der Waals surface area contributed by atoms with Crippen molar-refractivity contribution >= 4 is 17.6 Å². The Kier molecular flexibility index (Phi) is 5.27. The lowest BCUT2D eigenvalue weighted by atomic mass is 9.97. The van der Waals surface area contributed by atoms with Crippen LogP contribution in [0.4, 0.5) is 5.69 Å². The number of carbonyl (C=O) groups excluding carboxylic acids is 1. The molecule has 0 radical (unpaired) electrons. The van der Waals surface area contributed by atoms with Crippen LogP contribution < -0.4 is 0 Å². The summed E-state index contributed by atoms with van der Waals surface area (Å²) >= 11 is 0. The Morgan fingerprint density at radius 1 is 1.25 bits per heavy atom. The van der Waals surface area contributed by atoms with E-state index < -0.39 is 15.9 Å². The fourth-order valence-corrected chi connectivity index (χ4v) is 3.61. The second-order valence-corrected chi connectivity index (χ2v) is 7.49. The highest BCUT2D eigenvalue weighted by Crippen LogP contribution is 2.30. The molecule has 1 amide bonds. The molecule has 1 unspecified atom stereocenters. The van der Waals surface area contributed by atoms with E-state index in [0.717, 1.165) is 6.42 Å². The van der Waals surface area contributed by atoms with Crippen molar-refractivity contribution in [2.24, 2.45) is 11.0 Å². The highest BCUT2D eigenvalue weighted by Gasteiger charge is 2.39. The van der Waals surface area contributed by atoms with Gasteiger partial charge in [-0.3, -0.25) is 19.8 Å². The lowest BCUT2D eigenvalue weighted by molar-refractivity contribution is -0.486. The predicted molar refractivity (Wildman–Crippen MR) is 98.3 cm³/mol. The number of nitro benzene ring substituents is 1. The van der Waals surface area contributed by atoms with Crippen molar-refractivity contribution in [3.05, 3.63) is 50.1 Å². The summed E-state index contributed by atoms with van der Waals surface area (Å²) in [4.78, 5) is 37.0. The molecule has 0 aromatic heterocycles. The second kappa shape index (κ2) is 7.50. The Balaban J connectivity index is 1.77. The molecule has 1 atom stereocenters. The number of benzene rings is 1. The second-order valence-electron chi connectivity index (χ2n) is 7.49. The summed E-state index contributed by atoms with van der Waals surface area (Å²) in [5, 5.41) is 24.4. The minimum atomic E-state index is -0.821. The third-order valence-corrected chi connectivity index (χ3v) is 4.83. The molecule has 0 saturated carbocycles. The molecule has 2 aliphatic rings. The molecule has 2 saturated heterocycles. The van der Waals surface area contributed by atoms with Gasteiger partial charge in [-0.2, -0.15) is 0 Å². The molecule has 1 aromatic carbocycles. The van der Waals surface area contributed by atoms with Gasteiger partial charge in [-0.15, -0.1) is 0 Å². The molecule has 0 spiro atoms. The first-order chi connectivity index (χ1) is 13.2. The molecule has 1 aromatic rings. The van der Waals surface area contributed by atoms with Gasteiger partial charge in [0.1, 0.15) is 5.10 Å². The molecule has 0 aliphatic carbocycles. The number of hydrazone groups is 1. The third kappa shape index (κ3) is 4.25. The van der Waals surface area contributed by atoms with E-state index >= 15 is 0 Å². The predicted octanol–water partition coefficient (Wildman–Crippen LogP) is 1.72. The number of non-ortho nitro benzene ring substituents is 1. The third-order valence-electron chi connectivity index (χ3n) is 4.83. The fraction of sp³-hybridized carbons (Fsp3) is 0.529. The van der Waals surface area contributed by atoms with Crippen LogP contribution in [0.5, 0.6) is 0 Å². The van der Waals surface area contributed by atoms with Crippen molar-refractivity contribution < 1.29 is 19.5 Å². The van der Waals surface area contributed by atoms with E-state index in [4.69, 9.17) is 4.74 Å². The van der Waals surface area contributed by atoms with E-state index in [1.165, 1.54) is 29.2 Å². The Morgan fingerprint density at radius 2 is 1.93 bits per heavy atom. The molecule has 11 nitrogen and oxygen atoms in total. The largest absolute Gasteiger partial charge is 0.375 e. The molecule has 0 bridgehead atoms. The first-order valence-corrected chi connectivity index (χ1v) is 8.84. The first kappa shape index (κ1) is 19.7. The summed E-state index contributed by atoms with van der Waals surface area (Å²) in [6.07, 6.45) is 0.811. The quantitative estimate of drug-likeness (QED) is 0.551. The highest BCUT2D eigenvalue weighted by molar-refractivity contribution is 6.06. The molecule has 11 heteroatoms. The number of hydrogen-bond acceptors (Lipinski definition) is 6. The molecule has 150 valence electrons. The van der Waals surface area contributed by atoms with Crippen LogP contribution in [0.15, 0.2) is 29.4 Å². The van der Waals surface area contributed by atoms with Gasteiger partial charge in [0, 0.05) is 43.2 Å². The zero-order valence-electron chi connectivity index (χ0n) is 15.6. The van der Waals surface area contributed by atoms with Gasteiger partial charge >= 0.3 is 0 Å². The summed E-state index contributed by atoms with van der Waals surface area (Å²) in [5.41, 5.74) is -0.171. The van der Waals surface area contributed by atoms with Gasteiger partial charge in [-0.25, -0.2) is 10.1 Å². The van der Waals surface area contributed by atoms with Crippen LogP contribution in [0, 0.1) is 26.1 Å². The smallest absolute Gasteiger partial charge is 0.281 e. The molecule has 28 heavy (non-hydrogen) atoms. The van der Waals surface area contributed by atoms with Crippen molar-refractivity contribution in [2.45, 2.75) is 25.9 Å². The summed E-state index contributed by atoms with van der Waals surface area (Å²) in [7, 11) is 0. The summed E-state index contributed by atoms with van der Waals surface area (Å²) in [6.45, 7) is 5.70. The van der Waals surface area contributed by atoms with Gasteiger partial charge < -0.3 is 9.64 Å². The van der Waals surface area contributed by atoms with E-state index in [9.17, 15) is 25.0 Å². The van der Waals surface area contributed by atoms with Crippen LogP contribution in [-0.2, 0) is 4.74 Å². The van der Waals surface area contributed by atoms with Crippen LogP contribution in [-0.4, -0.2) is 63.5 Å². The van der Waals surface area contributed by atoms with Crippen molar-refractivity contribution in [3.63, 3.8) is 0 Å². The van der Waals surface area contributed by atoms with Gasteiger partial charge in [0.05, 0.1) is 17.1 Å². The highest BCUT2D eigenvalue weighted by atomic mass is 16.7. The molecule has 2 heterocycles. The van der Waals surface area contributed by atoms with Gasteiger partial charge in [-0.1, -0.05) is 0 Å². The van der Waals surface area contributed by atoms with E-state index in [1.54, 1.807) is 4.90 Å². The number of carbonyl (C=O) groups is 1. The number of amides is 1. The van der Waals surface area contributed by atoms with Crippen molar-refractivity contribution in [1.82, 2.24) is 9.80 Å². The number of ether oxygens (including phenoxy) is 1. The topological polar surface area (TPSA) is 131 Å². The van der Waals surface area contributed by atoms with Crippen LogP contribution in [0.3, 0.4) is 0 Å². The number of nitrogens with zero attached hydrogens (tertiary/aromatic N) is 5. The molecule has 2 aliphatic heterocycles. The Hall–Kier alpha value is -3.08. The van der Waals surface area contributed by atoms with Crippen LogP contribution in [0.25, 0.3) is 0 Å². The summed E-state index contributed by atoms with van der Waals surface area (Å²) in [5.74, 6) is -0.319. The lowest BCUT2D eigenvalue weighted by Crippen LogP contribution is -2.40. The van der Waals surface area contributed by atoms with Gasteiger partial charge in [0.2, 0.25) is 0 Å². The van der Waals surface area contributed by atoms with Gasteiger partial charge in [-0.05, 0) is 32.4 Å². The maximum Gasteiger partial charge on any atom is 0.281 e. The monoisotopic (exact) mass is 391 g/mol. The summed E-state index contributed by atoms with van der Waals surface area (Å²) < 4.78 is 5.72. The van der Waals surface area contributed by atoms with Crippen molar-refractivity contribution in [2.75, 3.05) is 26.2 Å². The molecule has 0 N–H and O–H groups in total. The van der Waals surface area contributed by atoms with Gasteiger partial charge in [0.15, 0.2) is 5.03 Å². The number of rotatable bonds is 5. The average Bonchev–Trinajstić information content (AvgIpc) is 3.17. The Morgan fingerprint density at radius 3 is 2.46 bits per heavy atom. The van der Waals surface area contributed by atoms with E-state index in [2.05, 4.69) is 5.10 Å². The normalized spacial score (nSPS) is 22.6. The summed E-state index contributed by atoms with van der Waals surface area (Å²) in [6, 6.07) is 5.12. The van der Waals surface area contributed by atoms with Crippen molar-refractivity contribution in [3.8, 4) is 0 Å². The lowest BCUT2D eigenvalue weighted by Gasteiger charge is -2.22. The first-order valence-electron chi connectivity index (χ1n) is 8.84. The van der Waals surface area contributed by atoms with E-state index in [0.29, 0.717) is 19.7 Å². The fourth-order valence-electron chi connectivity index (χ4n) is 3.61. The molecule has 3 rings (SSSR count). The van der Waals surface area contributed by atoms with Crippen molar-refractivity contribution in [1.29, 1.82) is 0 Å². The number of nitro groups is 2. The standard InChI is InChI=1S/C17H21N5O6/c1-17(2)9-12(11-28-17)10-19-7-8-20(16(19)18-22(26)27)15(23)13-3-5-14(6-4-13)21(24)25/h3-6,12H,7-11H2,1-2H3. The minimum Gasteiger partial charge on any atom is -0.375 e. The Labute approximate surface area is 160 Å². The SMILES string of the molecule is CC1(C)CC(CN2CCN(C(=O)c3ccc([N+](=O)[O-])cc3)C2=N[N+](=O)[O-])CO1. The number of hydrogen-bond donors (Lipinski definition) is 0. The van der Waals surface area contributed by atoms with E-state index in [1.807, 2.05) is 13.8 Å². The minimum absolute atomic E-state index is 0.0157. The zero-order chi connectivity index (χ0) is 20.5. The zero-order valence-corrected chi connectivity index (χ0v) is 15.6. The maximum atomic E-state index is 12.8. The molecular formula is C17H21N5O6. The van der Waals surface area contributed by atoms with Gasteiger partial charge in [0.25, 0.3) is 17.6 Å². The van der Waals surface area contributed by atoms with Crippen LogP contribution in [0.2, 0.25) is 0 Å². The average molecular weight is 391 g/mol. The molecule has 2 fully saturated rings.